The lowest BCUT2D eigenvalue weighted by atomic mass is 9.95. The number of carbonyl (C=O) groups excluding carboxylic acids is 1. The average Bonchev–Trinajstić information content (AvgIpc) is 3.10. The first-order valence-electron chi connectivity index (χ1n) is 8.75. The summed E-state index contributed by atoms with van der Waals surface area (Å²) in [5.74, 6) is 0.477. The van der Waals surface area contributed by atoms with Crippen molar-refractivity contribution in [3.63, 3.8) is 0 Å². The topological polar surface area (TPSA) is 63.9 Å². The van der Waals surface area contributed by atoms with Gasteiger partial charge < -0.3 is 4.90 Å². The molecule has 2 aromatic heterocycles. The van der Waals surface area contributed by atoms with Gasteiger partial charge in [-0.15, -0.1) is 0 Å². The fourth-order valence-corrected chi connectivity index (χ4v) is 3.53. The number of hydrogen-bond donors (Lipinski definition) is 0. The second kappa shape index (κ2) is 7.01. The van der Waals surface area contributed by atoms with Gasteiger partial charge in [0, 0.05) is 49.4 Å². The standard InChI is InChI=1S/C19H21N5O/c25-19(7-11-24-18-6-2-1-4-15(18)12-22-24)23-10-3-5-16(14-23)17-13-20-8-9-21-17/h1-2,4,6,8-9,12-13,16H,3,5,7,10-11,14H2. The fraction of sp³-hybridized carbons (Fsp3) is 0.368. The molecule has 0 N–H and O–H groups in total. The Balaban J connectivity index is 1.39. The summed E-state index contributed by atoms with van der Waals surface area (Å²) < 4.78 is 1.91. The Hall–Kier alpha value is -2.76. The molecule has 1 atom stereocenters. The maximum atomic E-state index is 12.7. The Kier molecular flexibility index (Phi) is 4.41. The van der Waals surface area contributed by atoms with Crippen LogP contribution in [0.4, 0.5) is 0 Å². The number of nitrogens with zero attached hydrogens (tertiary/aromatic N) is 5. The number of amides is 1. The molecule has 6 nitrogen and oxygen atoms in total. The lowest BCUT2D eigenvalue weighted by Gasteiger charge is -2.32. The van der Waals surface area contributed by atoms with Crippen molar-refractivity contribution in [1.29, 1.82) is 0 Å². The molecule has 1 fully saturated rings. The predicted octanol–water partition coefficient (Wildman–Crippen LogP) is 2.62. The molecule has 6 heteroatoms. The van der Waals surface area contributed by atoms with Crippen LogP contribution in [0.5, 0.6) is 0 Å². The van der Waals surface area contributed by atoms with E-state index < -0.39 is 0 Å². The summed E-state index contributed by atoms with van der Waals surface area (Å²) in [4.78, 5) is 23.2. The number of aromatic nitrogens is 4. The molecular formula is C19H21N5O. The summed E-state index contributed by atoms with van der Waals surface area (Å²) in [6.07, 6.45) is 9.62. The van der Waals surface area contributed by atoms with Crippen molar-refractivity contribution in [2.75, 3.05) is 13.1 Å². The fourth-order valence-electron chi connectivity index (χ4n) is 3.53. The number of para-hydroxylation sites is 1. The summed E-state index contributed by atoms with van der Waals surface area (Å²) >= 11 is 0. The van der Waals surface area contributed by atoms with Crippen LogP contribution < -0.4 is 0 Å². The van der Waals surface area contributed by atoms with E-state index in [4.69, 9.17) is 0 Å². The summed E-state index contributed by atoms with van der Waals surface area (Å²) in [6, 6.07) is 8.08. The molecule has 1 aliphatic rings. The van der Waals surface area contributed by atoms with E-state index in [1.165, 1.54) is 0 Å². The van der Waals surface area contributed by atoms with Gasteiger partial charge in [-0.1, -0.05) is 18.2 Å². The van der Waals surface area contributed by atoms with Crippen LogP contribution in [0.2, 0.25) is 0 Å². The summed E-state index contributed by atoms with van der Waals surface area (Å²) in [5, 5.41) is 5.51. The Morgan fingerprint density at radius 2 is 2.12 bits per heavy atom. The van der Waals surface area contributed by atoms with Gasteiger partial charge in [-0.25, -0.2) is 0 Å². The molecular weight excluding hydrogens is 314 g/mol. The first-order chi connectivity index (χ1) is 12.3. The second-order valence-corrected chi connectivity index (χ2v) is 6.49. The maximum Gasteiger partial charge on any atom is 0.224 e. The van der Waals surface area contributed by atoms with Gasteiger partial charge in [-0.05, 0) is 18.9 Å². The summed E-state index contributed by atoms with van der Waals surface area (Å²) in [6.45, 7) is 2.17. The minimum absolute atomic E-state index is 0.188. The second-order valence-electron chi connectivity index (χ2n) is 6.49. The zero-order chi connectivity index (χ0) is 17.1. The largest absolute Gasteiger partial charge is 0.342 e. The minimum Gasteiger partial charge on any atom is -0.342 e. The minimum atomic E-state index is 0.188. The molecule has 128 valence electrons. The number of hydrogen-bond acceptors (Lipinski definition) is 4. The van der Waals surface area contributed by atoms with Gasteiger partial charge in [-0.3, -0.25) is 19.4 Å². The third-order valence-corrected chi connectivity index (χ3v) is 4.86. The van der Waals surface area contributed by atoms with Crippen LogP contribution in [0.1, 0.15) is 30.9 Å². The SMILES string of the molecule is O=C(CCn1ncc2ccccc21)N1CCCC(c2cnccn2)C1. The number of likely N-dealkylation sites (tertiary alicyclic amines) is 1. The molecule has 0 aliphatic carbocycles. The predicted molar refractivity (Wildman–Crippen MR) is 94.9 cm³/mol. The number of carbonyl (C=O) groups is 1. The number of rotatable bonds is 4. The van der Waals surface area contributed by atoms with Crippen LogP contribution in [-0.4, -0.2) is 43.6 Å². The summed E-state index contributed by atoms with van der Waals surface area (Å²) in [7, 11) is 0. The van der Waals surface area contributed by atoms with Crippen LogP contribution >= 0.6 is 0 Å². The van der Waals surface area contributed by atoms with Crippen LogP contribution in [0.3, 0.4) is 0 Å². The van der Waals surface area contributed by atoms with E-state index in [2.05, 4.69) is 15.1 Å². The van der Waals surface area contributed by atoms with Crippen molar-refractivity contribution < 1.29 is 4.79 Å². The Morgan fingerprint density at radius 3 is 3.00 bits per heavy atom. The lowest BCUT2D eigenvalue weighted by molar-refractivity contribution is -0.132. The molecule has 1 amide bonds. The van der Waals surface area contributed by atoms with E-state index in [1.54, 1.807) is 12.4 Å². The molecule has 1 aliphatic heterocycles. The highest BCUT2D eigenvalue weighted by atomic mass is 16.2. The number of fused-ring (bicyclic) bond motifs is 1. The first kappa shape index (κ1) is 15.7. The molecule has 0 saturated carbocycles. The highest BCUT2D eigenvalue weighted by molar-refractivity contribution is 5.79. The molecule has 1 saturated heterocycles. The Morgan fingerprint density at radius 1 is 1.20 bits per heavy atom. The zero-order valence-corrected chi connectivity index (χ0v) is 14.1. The van der Waals surface area contributed by atoms with Crippen LogP contribution in [0, 0.1) is 0 Å². The van der Waals surface area contributed by atoms with E-state index >= 15 is 0 Å². The third-order valence-electron chi connectivity index (χ3n) is 4.86. The molecule has 3 heterocycles. The molecule has 0 radical (unpaired) electrons. The summed E-state index contributed by atoms with van der Waals surface area (Å²) in [5.41, 5.74) is 2.06. The maximum absolute atomic E-state index is 12.7. The van der Waals surface area contributed by atoms with Gasteiger partial charge in [-0.2, -0.15) is 5.10 Å². The van der Waals surface area contributed by atoms with Gasteiger partial charge >= 0.3 is 0 Å². The molecule has 1 unspecified atom stereocenters. The zero-order valence-electron chi connectivity index (χ0n) is 14.1. The average molecular weight is 335 g/mol. The van der Waals surface area contributed by atoms with E-state index in [1.807, 2.05) is 46.2 Å². The van der Waals surface area contributed by atoms with Gasteiger partial charge in [0.05, 0.1) is 24.0 Å². The molecule has 0 spiro atoms. The normalized spacial score (nSPS) is 17.8. The number of aryl methyl sites for hydroxylation is 1. The van der Waals surface area contributed by atoms with Crippen molar-refractivity contribution in [3.05, 3.63) is 54.7 Å². The Labute approximate surface area is 146 Å². The van der Waals surface area contributed by atoms with Gasteiger partial charge in [0.15, 0.2) is 0 Å². The van der Waals surface area contributed by atoms with Crippen molar-refractivity contribution in [2.45, 2.75) is 31.7 Å². The van der Waals surface area contributed by atoms with E-state index in [9.17, 15) is 4.79 Å². The van der Waals surface area contributed by atoms with Crippen molar-refractivity contribution in [3.8, 4) is 0 Å². The quantitative estimate of drug-likeness (QED) is 0.735. The van der Waals surface area contributed by atoms with E-state index in [0.717, 1.165) is 42.5 Å². The highest BCUT2D eigenvalue weighted by Gasteiger charge is 2.25. The van der Waals surface area contributed by atoms with Crippen molar-refractivity contribution in [2.24, 2.45) is 0 Å². The van der Waals surface area contributed by atoms with Gasteiger partial charge in [0.25, 0.3) is 0 Å². The van der Waals surface area contributed by atoms with Gasteiger partial charge in [0.2, 0.25) is 5.91 Å². The molecule has 0 bridgehead atoms. The smallest absolute Gasteiger partial charge is 0.224 e. The van der Waals surface area contributed by atoms with Crippen molar-refractivity contribution in [1.82, 2.24) is 24.6 Å². The molecule has 25 heavy (non-hydrogen) atoms. The monoisotopic (exact) mass is 335 g/mol. The molecule has 1 aromatic carbocycles. The highest BCUT2D eigenvalue weighted by Crippen LogP contribution is 2.25. The Bertz CT molecular complexity index is 860. The van der Waals surface area contributed by atoms with Crippen LogP contribution in [-0.2, 0) is 11.3 Å². The van der Waals surface area contributed by atoms with Gasteiger partial charge in [0.1, 0.15) is 0 Å². The number of piperidine rings is 1. The lowest BCUT2D eigenvalue weighted by Crippen LogP contribution is -2.39. The molecule has 4 rings (SSSR count). The van der Waals surface area contributed by atoms with Crippen LogP contribution in [0.15, 0.2) is 49.1 Å². The van der Waals surface area contributed by atoms with Crippen LogP contribution in [0.25, 0.3) is 10.9 Å². The third kappa shape index (κ3) is 3.38. The van der Waals surface area contributed by atoms with E-state index in [0.29, 0.717) is 13.0 Å². The number of benzene rings is 1. The van der Waals surface area contributed by atoms with E-state index in [-0.39, 0.29) is 11.8 Å². The molecule has 3 aromatic rings. The first-order valence-corrected chi connectivity index (χ1v) is 8.75. The van der Waals surface area contributed by atoms with Crippen molar-refractivity contribution >= 4 is 16.8 Å².